The number of ether oxygens (including phenoxy) is 1. The van der Waals surface area contributed by atoms with Crippen molar-refractivity contribution in [2.75, 3.05) is 44.3 Å². The molecule has 0 spiro atoms. The molecule has 1 saturated heterocycles. The molecule has 9 heteroatoms. The lowest BCUT2D eigenvalue weighted by Gasteiger charge is -2.28. The Morgan fingerprint density at radius 3 is 2.75 bits per heavy atom. The summed E-state index contributed by atoms with van der Waals surface area (Å²) in [4.78, 5) is 21.9. The molecule has 2 aromatic heterocycles. The highest BCUT2D eigenvalue weighted by molar-refractivity contribution is 7.22. The van der Waals surface area contributed by atoms with Gasteiger partial charge >= 0.3 is 0 Å². The van der Waals surface area contributed by atoms with Crippen LogP contribution < -0.4 is 4.90 Å². The number of thiazole rings is 1. The van der Waals surface area contributed by atoms with Gasteiger partial charge in [0, 0.05) is 37.8 Å². The molecular formula is C23H21FN4O3S. The third-order valence-electron chi connectivity index (χ3n) is 5.35. The zero-order chi connectivity index (χ0) is 21.9. The van der Waals surface area contributed by atoms with Gasteiger partial charge in [0.05, 0.1) is 23.4 Å². The smallest absolute Gasteiger partial charge is 0.282 e. The van der Waals surface area contributed by atoms with Crippen LogP contribution in [0.5, 0.6) is 0 Å². The number of hydrogen-bond acceptors (Lipinski definition) is 7. The van der Waals surface area contributed by atoms with Crippen molar-refractivity contribution in [3.8, 4) is 11.3 Å². The molecule has 0 saturated carbocycles. The number of aromatic nitrogens is 2. The van der Waals surface area contributed by atoms with Crippen LogP contribution in [0, 0.1) is 5.82 Å². The number of halogens is 1. The van der Waals surface area contributed by atoms with Crippen LogP contribution in [0.15, 0.2) is 59.1 Å². The van der Waals surface area contributed by atoms with Crippen molar-refractivity contribution in [1.82, 2.24) is 15.0 Å². The van der Waals surface area contributed by atoms with Crippen LogP contribution in [-0.4, -0.2) is 60.3 Å². The van der Waals surface area contributed by atoms with Gasteiger partial charge in [-0.2, -0.15) is 0 Å². The van der Waals surface area contributed by atoms with Crippen molar-refractivity contribution < 1.29 is 18.4 Å². The van der Waals surface area contributed by atoms with E-state index in [1.165, 1.54) is 23.5 Å². The minimum absolute atomic E-state index is 0.205. The van der Waals surface area contributed by atoms with Gasteiger partial charge in [-0.1, -0.05) is 46.8 Å². The number of morpholine rings is 1. The molecule has 2 aromatic carbocycles. The third kappa shape index (κ3) is 4.40. The van der Waals surface area contributed by atoms with Crippen LogP contribution in [0.2, 0.25) is 0 Å². The lowest BCUT2D eigenvalue weighted by Crippen LogP contribution is -2.43. The predicted molar refractivity (Wildman–Crippen MR) is 120 cm³/mol. The summed E-state index contributed by atoms with van der Waals surface area (Å²) in [7, 11) is 0. The standard InChI is InChI=1S/C23H21FN4O3S/c24-17-6-7-18-21(14-17)32-23(25-18)28(9-8-27-10-12-30-13-11-27)22(29)19-15-20(31-26-19)16-4-2-1-3-5-16/h1-7,14-15H,8-13H2. The minimum Gasteiger partial charge on any atom is -0.379 e. The van der Waals surface area contributed by atoms with E-state index in [1.807, 2.05) is 30.3 Å². The molecular weight excluding hydrogens is 431 g/mol. The van der Waals surface area contributed by atoms with Crippen molar-refractivity contribution in [3.05, 3.63) is 66.1 Å². The topological polar surface area (TPSA) is 71.7 Å². The summed E-state index contributed by atoms with van der Waals surface area (Å²) in [6.07, 6.45) is 0. The van der Waals surface area contributed by atoms with Crippen LogP contribution in [0.25, 0.3) is 21.5 Å². The molecule has 1 amide bonds. The second-order valence-electron chi connectivity index (χ2n) is 7.46. The molecule has 5 rings (SSSR count). The first-order chi connectivity index (χ1) is 15.7. The molecule has 1 aliphatic heterocycles. The quantitative estimate of drug-likeness (QED) is 0.439. The molecule has 4 aromatic rings. The lowest BCUT2D eigenvalue weighted by molar-refractivity contribution is 0.0391. The van der Waals surface area contributed by atoms with E-state index in [0.717, 1.165) is 18.7 Å². The Hall–Kier alpha value is -3.14. The number of amides is 1. The molecule has 0 radical (unpaired) electrons. The number of carbonyl (C=O) groups is 1. The highest BCUT2D eigenvalue weighted by atomic mass is 32.1. The number of rotatable bonds is 6. The van der Waals surface area contributed by atoms with E-state index in [2.05, 4.69) is 15.0 Å². The molecule has 32 heavy (non-hydrogen) atoms. The van der Waals surface area contributed by atoms with Gasteiger partial charge in [0.2, 0.25) is 0 Å². The Morgan fingerprint density at radius 2 is 1.94 bits per heavy atom. The van der Waals surface area contributed by atoms with Crippen LogP contribution in [0.4, 0.5) is 9.52 Å². The number of fused-ring (bicyclic) bond motifs is 1. The van der Waals surface area contributed by atoms with Crippen molar-refractivity contribution >= 4 is 32.6 Å². The van der Waals surface area contributed by atoms with E-state index in [9.17, 15) is 9.18 Å². The van der Waals surface area contributed by atoms with Gasteiger partial charge in [-0.3, -0.25) is 14.6 Å². The average Bonchev–Trinajstić information content (AvgIpc) is 3.48. The number of anilines is 1. The van der Waals surface area contributed by atoms with Crippen molar-refractivity contribution in [3.63, 3.8) is 0 Å². The summed E-state index contributed by atoms with van der Waals surface area (Å²) in [6.45, 7) is 4.08. The van der Waals surface area contributed by atoms with Gasteiger partial charge in [-0.05, 0) is 18.2 Å². The van der Waals surface area contributed by atoms with Crippen LogP contribution in [-0.2, 0) is 4.74 Å². The van der Waals surface area contributed by atoms with Gasteiger partial charge < -0.3 is 9.26 Å². The molecule has 0 atom stereocenters. The fraction of sp³-hybridized carbons (Fsp3) is 0.261. The molecule has 3 heterocycles. The van der Waals surface area contributed by atoms with E-state index in [0.29, 0.717) is 47.4 Å². The summed E-state index contributed by atoms with van der Waals surface area (Å²) in [5.74, 6) is -0.111. The normalized spacial score (nSPS) is 14.7. The monoisotopic (exact) mass is 452 g/mol. The van der Waals surface area contributed by atoms with Gasteiger partial charge in [0.15, 0.2) is 16.6 Å². The number of nitrogens with zero attached hydrogens (tertiary/aromatic N) is 4. The van der Waals surface area contributed by atoms with Gasteiger partial charge in [0.25, 0.3) is 5.91 Å². The molecule has 0 bridgehead atoms. The minimum atomic E-state index is -0.331. The van der Waals surface area contributed by atoms with E-state index < -0.39 is 0 Å². The van der Waals surface area contributed by atoms with E-state index in [-0.39, 0.29) is 17.4 Å². The second kappa shape index (κ2) is 9.15. The van der Waals surface area contributed by atoms with Gasteiger partial charge in [-0.15, -0.1) is 0 Å². The fourth-order valence-electron chi connectivity index (χ4n) is 3.60. The highest BCUT2D eigenvalue weighted by Gasteiger charge is 2.26. The summed E-state index contributed by atoms with van der Waals surface area (Å²) in [5.41, 5.74) is 1.70. The number of carbonyl (C=O) groups excluding carboxylic acids is 1. The molecule has 0 N–H and O–H groups in total. The summed E-state index contributed by atoms with van der Waals surface area (Å²) >= 11 is 1.28. The van der Waals surface area contributed by atoms with Crippen molar-refractivity contribution in [2.45, 2.75) is 0 Å². The zero-order valence-electron chi connectivity index (χ0n) is 17.2. The van der Waals surface area contributed by atoms with Crippen LogP contribution >= 0.6 is 11.3 Å². The molecule has 0 unspecified atom stereocenters. The summed E-state index contributed by atoms with van der Waals surface area (Å²) in [6, 6.07) is 15.6. The predicted octanol–water partition coefficient (Wildman–Crippen LogP) is 4.07. The Balaban J connectivity index is 1.44. The maximum atomic E-state index is 13.7. The third-order valence-corrected chi connectivity index (χ3v) is 6.39. The maximum absolute atomic E-state index is 13.7. The van der Waals surface area contributed by atoms with Crippen LogP contribution in [0.3, 0.4) is 0 Å². The van der Waals surface area contributed by atoms with E-state index in [4.69, 9.17) is 9.26 Å². The molecule has 0 aliphatic carbocycles. The van der Waals surface area contributed by atoms with Gasteiger partial charge in [-0.25, -0.2) is 9.37 Å². The first-order valence-electron chi connectivity index (χ1n) is 10.4. The van der Waals surface area contributed by atoms with E-state index in [1.54, 1.807) is 17.0 Å². The lowest BCUT2D eigenvalue weighted by atomic mass is 10.1. The molecule has 164 valence electrons. The molecule has 7 nitrogen and oxygen atoms in total. The maximum Gasteiger partial charge on any atom is 0.282 e. The molecule has 1 fully saturated rings. The second-order valence-corrected chi connectivity index (χ2v) is 8.47. The van der Waals surface area contributed by atoms with Crippen molar-refractivity contribution in [1.29, 1.82) is 0 Å². The molecule has 1 aliphatic rings. The Bertz CT molecular complexity index is 1220. The summed E-state index contributed by atoms with van der Waals surface area (Å²) < 4.78 is 25.2. The van der Waals surface area contributed by atoms with Crippen molar-refractivity contribution in [2.24, 2.45) is 0 Å². The Morgan fingerprint density at radius 1 is 1.12 bits per heavy atom. The number of hydrogen-bond donors (Lipinski definition) is 0. The summed E-state index contributed by atoms with van der Waals surface area (Å²) in [5, 5.41) is 4.53. The zero-order valence-corrected chi connectivity index (χ0v) is 18.1. The average molecular weight is 453 g/mol. The Kier molecular flexibility index (Phi) is 5.93. The first-order valence-corrected chi connectivity index (χ1v) is 11.2. The number of benzene rings is 2. The first kappa shape index (κ1) is 20.7. The van der Waals surface area contributed by atoms with E-state index >= 15 is 0 Å². The largest absolute Gasteiger partial charge is 0.379 e. The highest BCUT2D eigenvalue weighted by Crippen LogP contribution is 2.31. The SMILES string of the molecule is O=C(c1cc(-c2ccccc2)on1)N(CCN1CCOCC1)c1nc2ccc(F)cc2s1. The Labute approximate surface area is 188 Å². The van der Waals surface area contributed by atoms with Crippen LogP contribution in [0.1, 0.15) is 10.5 Å². The van der Waals surface area contributed by atoms with Gasteiger partial charge in [0.1, 0.15) is 5.82 Å². The fourth-order valence-corrected chi connectivity index (χ4v) is 4.62.